The number of benzene rings is 1. The van der Waals surface area contributed by atoms with Crippen LogP contribution in [0.3, 0.4) is 0 Å². The predicted octanol–water partition coefficient (Wildman–Crippen LogP) is 3.02. The number of ether oxygens (including phenoxy) is 4. The number of carbonyl (C=O) groups excluding carboxylic acids is 2. The third-order valence-electron chi connectivity index (χ3n) is 4.85. The SMILES string of the molecule is COc1cc(C(=O)O[C@H](C)C(=O)NCCC2=CCCCC2)cc2c1OCCO2. The summed E-state index contributed by atoms with van der Waals surface area (Å²) in [4.78, 5) is 24.7. The van der Waals surface area contributed by atoms with E-state index < -0.39 is 12.1 Å². The molecular weight excluding hydrogens is 362 g/mol. The summed E-state index contributed by atoms with van der Waals surface area (Å²) in [6, 6.07) is 3.07. The molecule has 28 heavy (non-hydrogen) atoms. The zero-order chi connectivity index (χ0) is 19.9. The molecule has 7 nitrogen and oxygen atoms in total. The summed E-state index contributed by atoms with van der Waals surface area (Å²) in [6.07, 6.45) is 6.88. The summed E-state index contributed by atoms with van der Waals surface area (Å²) in [6.45, 7) is 2.91. The number of fused-ring (bicyclic) bond motifs is 1. The quantitative estimate of drug-likeness (QED) is 0.570. The number of methoxy groups -OCH3 is 1. The van der Waals surface area contributed by atoms with Gasteiger partial charge in [0.1, 0.15) is 13.2 Å². The molecule has 0 radical (unpaired) electrons. The minimum Gasteiger partial charge on any atom is -0.493 e. The van der Waals surface area contributed by atoms with Crippen LogP contribution >= 0.6 is 0 Å². The molecule has 0 unspecified atom stereocenters. The minimum absolute atomic E-state index is 0.244. The average Bonchev–Trinajstić information content (AvgIpc) is 2.73. The van der Waals surface area contributed by atoms with Gasteiger partial charge in [-0.1, -0.05) is 11.6 Å². The van der Waals surface area contributed by atoms with E-state index in [9.17, 15) is 9.59 Å². The second-order valence-electron chi connectivity index (χ2n) is 6.90. The third kappa shape index (κ3) is 4.97. The molecule has 1 N–H and O–H groups in total. The van der Waals surface area contributed by atoms with Gasteiger partial charge in [0, 0.05) is 6.54 Å². The highest BCUT2D eigenvalue weighted by Gasteiger charge is 2.24. The largest absolute Gasteiger partial charge is 0.493 e. The Balaban J connectivity index is 1.54. The van der Waals surface area contributed by atoms with E-state index in [2.05, 4.69) is 11.4 Å². The molecule has 3 rings (SSSR count). The van der Waals surface area contributed by atoms with Crippen molar-refractivity contribution in [3.8, 4) is 17.2 Å². The standard InChI is InChI=1S/C21H27NO6/c1-14(20(23)22-9-8-15-6-4-3-5-7-15)28-21(24)16-12-17(25-2)19-18(13-16)26-10-11-27-19/h6,12-14H,3-5,7-11H2,1-2H3,(H,22,23)/t14-/m1/s1. The molecule has 2 aliphatic rings. The number of nitrogens with one attached hydrogen (secondary N) is 1. The van der Waals surface area contributed by atoms with Crippen molar-refractivity contribution in [2.45, 2.75) is 45.1 Å². The second-order valence-corrected chi connectivity index (χ2v) is 6.90. The monoisotopic (exact) mass is 389 g/mol. The number of amides is 1. The van der Waals surface area contributed by atoms with Gasteiger partial charge in [-0.15, -0.1) is 0 Å². The highest BCUT2D eigenvalue weighted by atomic mass is 16.6. The van der Waals surface area contributed by atoms with E-state index in [1.165, 1.54) is 31.6 Å². The van der Waals surface area contributed by atoms with E-state index >= 15 is 0 Å². The fourth-order valence-corrected chi connectivity index (χ4v) is 3.29. The van der Waals surface area contributed by atoms with Crippen molar-refractivity contribution in [3.63, 3.8) is 0 Å². The average molecular weight is 389 g/mol. The molecule has 152 valence electrons. The minimum atomic E-state index is -0.896. The number of carbonyl (C=O) groups is 2. The molecule has 7 heteroatoms. The van der Waals surface area contributed by atoms with Crippen LogP contribution in [0.4, 0.5) is 0 Å². The van der Waals surface area contributed by atoms with Gasteiger partial charge in [-0.25, -0.2) is 4.79 Å². The summed E-state index contributed by atoms with van der Waals surface area (Å²) >= 11 is 0. The maximum Gasteiger partial charge on any atom is 0.339 e. The van der Waals surface area contributed by atoms with Crippen LogP contribution in [0.5, 0.6) is 17.2 Å². The van der Waals surface area contributed by atoms with Crippen LogP contribution in [0.2, 0.25) is 0 Å². The van der Waals surface area contributed by atoms with Gasteiger partial charge in [0.05, 0.1) is 12.7 Å². The molecule has 1 heterocycles. The first-order valence-corrected chi connectivity index (χ1v) is 9.72. The van der Waals surface area contributed by atoms with Gasteiger partial charge >= 0.3 is 5.97 Å². The van der Waals surface area contributed by atoms with Crippen LogP contribution in [0, 0.1) is 0 Å². The van der Waals surface area contributed by atoms with Gasteiger partial charge in [0.15, 0.2) is 17.6 Å². The lowest BCUT2D eigenvalue weighted by Crippen LogP contribution is -2.36. The molecule has 1 aliphatic carbocycles. The van der Waals surface area contributed by atoms with Crippen molar-refractivity contribution in [1.29, 1.82) is 0 Å². The molecule has 1 aliphatic heterocycles. The van der Waals surface area contributed by atoms with Crippen molar-refractivity contribution in [1.82, 2.24) is 5.32 Å². The fraction of sp³-hybridized carbons (Fsp3) is 0.524. The van der Waals surface area contributed by atoms with Gasteiger partial charge in [-0.2, -0.15) is 0 Å². The molecule has 1 aromatic rings. The van der Waals surface area contributed by atoms with Gasteiger partial charge in [-0.05, 0) is 51.2 Å². The summed E-state index contributed by atoms with van der Waals surface area (Å²) in [5.74, 6) is 0.354. The third-order valence-corrected chi connectivity index (χ3v) is 4.85. The summed E-state index contributed by atoms with van der Waals surface area (Å²) in [5, 5.41) is 2.83. The van der Waals surface area contributed by atoms with Crippen LogP contribution in [-0.2, 0) is 9.53 Å². The molecule has 0 saturated carbocycles. The smallest absolute Gasteiger partial charge is 0.339 e. The zero-order valence-corrected chi connectivity index (χ0v) is 16.4. The highest BCUT2D eigenvalue weighted by molar-refractivity contribution is 5.93. The lowest BCUT2D eigenvalue weighted by molar-refractivity contribution is -0.129. The van der Waals surface area contributed by atoms with E-state index in [4.69, 9.17) is 18.9 Å². The first-order chi connectivity index (χ1) is 13.6. The van der Waals surface area contributed by atoms with Crippen LogP contribution in [0.15, 0.2) is 23.8 Å². The van der Waals surface area contributed by atoms with Crippen molar-refractivity contribution in [2.75, 3.05) is 26.9 Å². The van der Waals surface area contributed by atoms with E-state index in [0.717, 1.165) is 19.3 Å². The normalized spacial score (nSPS) is 16.6. The number of hydrogen-bond donors (Lipinski definition) is 1. The maximum atomic E-state index is 12.5. The summed E-state index contributed by atoms with van der Waals surface area (Å²) in [5.41, 5.74) is 1.63. The molecule has 0 fully saturated rings. The van der Waals surface area contributed by atoms with Crippen molar-refractivity contribution in [2.24, 2.45) is 0 Å². The highest BCUT2D eigenvalue weighted by Crippen LogP contribution is 2.40. The number of allylic oxidation sites excluding steroid dienone is 1. The Bertz CT molecular complexity index is 740. The maximum absolute atomic E-state index is 12.5. The van der Waals surface area contributed by atoms with Crippen LogP contribution in [0.1, 0.15) is 49.4 Å². The zero-order valence-electron chi connectivity index (χ0n) is 16.4. The molecule has 0 aromatic heterocycles. The van der Waals surface area contributed by atoms with Crippen molar-refractivity contribution >= 4 is 11.9 Å². The Morgan fingerprint density at radius 1 is 1.21 bits per heavy atom. The Morgan fingerprint density at radius 2 is 2.04 bits per heavy atom. The van der Waals surface area contributed by atoms with Gasteiger partial charge < -0.3 is 24.3 Å². The second kappa shape index (κ2) is 9.48. The molecular formula is C21H27NO6. The molecule has 0 saturated heterocycles. The van der Waals surface area contributed by atoms with Gasteiger partial charge in [0.2, 0.25) is 5.75 Å². The molecule has 1 aromatic carbocycles. The summed E-state index contributed by atoms with van der Waals surface area (Å²) < 4.78 is 21.6. The van der Waals surface area contributed by atoms with E-state index in [-0.39, 0.29) is 11.5 Å². The lowest BCUT2D eigenvalue weighted by Gasteiger charge is -2.21. The van der Waals surface area contributed by atoms with E-state index in [1.807, 2.05) is 0 Å². The molecule has 0 spiro atoms. The van der Waals surface area contributed by atoms with Crippen molar-refractivity contribution < 1.29 is 28.5 Å². The fourth-order valence-electron chi connectivity index (χ4n) is 3.29. The van der Waals surface area contributed by atoms with E-state index in [0.29, 0.717) is 37.0 Å². The van der Waals surface area contributed by atoms with Crippen LogP contribution in [0.25, 0.3) is 0 Å². The number of rotatable bonds is 7. The lowest BCUT2D eigenvalue weighted by atomic mass is 9.97. The molecule has 0 bridgehead atoms. The summed E-state index contributed by atoms with van der Waals surface area (Å²) in [7, 11) is 1.49. The van der Waals surface area contributed by atoms with Crippen molar-refractivity contribution in [3.05, 3.63) is 29.3 Å². The van der Waals surface area contributed by atoms with Gasteiger partial charge in [0.25, 0.3) is 5.91 Å². The predicted molar refractivity (Wildman–Crippen MR) is 103 cm³/mol. The number of hydrogen-bond acceptors (Lipinski definition) is 6. The van der Waals surface area contributed by atoms with Gasteiger partial charge in [-0.3, -0.25) is 4.79 Å². The Labute approximate surface area is 165 Å². The molecule has 1 amide bonds. The Morgan fingerprint density at radius 3 is 2.79 bits per heavy atom. The Hall–Kier alpha value is -2.70. The Kier molecular flexibility index (Phi) is 6.79. The first kappa shape index (κ1) is 20.0. The first-order valence-electron chi connectivity index (χ1n) is 9.72. The number of esters is 1. The van der Waals surface area contributed by atoms with E-state index in [1.54, 1.807) is 13.0 Å². The van der Waals surface area contributed by atoms with Crippen LogP contribution in [-0.4, -0.2) is 44.8 Å². The topological polar surface area (TPSA) is 83.1 Å². The van der Waals surface area contributed by atoms with Crippen LogP contribution < -0.4 is 19.5 Å². The molecule has 1 atom stereocenters.